The Labute approximate surface area is 180 Å². The van der Waals surface area contributed by atoms with Crippen molar-refractivity contribution in [2.24, 2.45) is 4.99 Å². The number of halogens is 1. The Hall–Kier alpha value is -0.500. The van der Waals surface area contributed by atoms with Gasteiger partial charge >= 0.3 is 0 Å². The lowest BCUT2D eigenvalue weighted by molar-refractivity contribution is 0.293. The largest absolute Gasteiger partial charge is 0.357 e. The fourth-order valence-corrected chi connectivity index (χ4v) is 5.46. The van der Waals surface area contributed by atoms with Gasteiger partial charge in [0.25, 0.3) is 0 Å². The summed E-state index contributed by atoms with van der Waals surface area (Å²) in [6, 6.07) is 4.25. The van der Waals surface area contributed by atoms with Crippen molar-refractivity contribution >= 4 is 41.7 Å². The van der Waals surface area contributed by atoms with Crippen LogP contribution in [0.15, 0.2) is 23.3 Å². The molecule has 0 bridgehead atoms. The number of aliphatic imine (C=N–C) groups is 1. The molecular weight excluding hydrogens is 455 g/mol. The van der Waals surface area contributed by atoms with Crippen LogP contribution in [0.3, 0.4) is 0 Å². The number of hydrogen-bond acceptors (Lipinski definition) is 3. The van der Waals surface area contributed by atoms with Crippen molar-refractivity contribution in [2.75, 3.05) is 31.9 Å². The van der Waals surface area contributed by atoms with Crippen LogP contribution in [-0.4, -0.2) is 52.5 Å². The summed E-state index contributed by atoms with van der Waals surface area (Å²) in [4.78, 5) is 11.8. The predicted molar refractivity (Wildman–Crippen MR) is 124 cm³/mol. The highest BCUT2D eigenvalue weighted by molar-refractivity contribution is 14.0. The summed E-state index contributed by atoms with van der Waals surface area (Å²) in [5.74, 6) is 2.33. The molecule has 0 radical (unpaired) electrons. The number of rotatable bonds is 4. The Bertz CT molecular complexity index is 564. The minimum atomic E-state index is 0. The number of thioether (sulfide) groups is 1. The molecule has 1 aromatic rings. The zero-order valence-electron chi connectivity index (χ0n) is 16.2. The minimum Gasteiger partial charge on any atom is -0.357 e. The summed E-state index contributed by atoms with van der Waals surface area (Å²) >= 11 is 2.22. The van der Waals surface area contributed by atoms with Crippen LogP contribution in [0.5, 0.6) is 0 Å². The molecule has 0 unspecified atom stereocenters. The molecule has 1 spiro atoms. The van der Waals surface area contributed by atoms with E-state index in [9.17, 15) is 0 Å². The van der Waals surface area contributed by atoms with Crippen molar-refractivity contribution in [3.8, 4) is 0 Å². The summed E-state index contributed by atoms with van der Waals surface area (Å²) < 4.78 is 0.480. The first-order chi connectivity index (χ1) is 12.2. The molecule has 146 valence electrons. The molecule has 1 saturated carbocycles. The highest BCUT2D eigenvalue weighted by Gasteiger charge is 2.38. The second kappa shape index (κ2) is 10.7. The van der Waals surface area contributed by atoms with E-state index >= 15 is 0 Å². The average molecular weight is 488 g/mol. The van der Waals surface area contributed by atoms with Gasteiger partial charge in [0, 0.05) is 48.6 Å². The number of nitrogens with zero attached hydrogens (tertiary/aromatic N) is 3. The van der Waals surface area contributed by atoms with Gasteiger partial charge in [0.1, 0.15) is 0 Å². The molecule has 1 aliphatic carbocycles. The molecule has 0 aromatic carbocycles. The SMILES string of the molecule is CCNC(=NCCc1ccc(C)nc1)N1CCSC2(CCCCC2)C1.I. The maximum absolute atomic E-state index is 4.93. The van der Waals surface area contributed by atoms with Crippen LogP contribution in [0.2, 0.25) is 0 Å². The van der Waals surface area contributed by atoms with Crippen LogP contribution >= 0.6 is 35.7 Å². The van der Waals surface area contributed by atoms with Gasteiger partial charge in [-0.3, -0.25) is 9.98 Å². The van der Waals surface area contributed by atoms with Crippen LogP contribution in [-0.2, 0) is 6.42 Å². The van der Waals surface area contributed by atoms with Crippen LogP contribution < -0.4 is 5.32 Å². The van der Waals surface area contributed by atoms with E-state index in [0.29, 0.717) is 4.75 Å². The molecule has 6 heteroatoms. The zero-order chi connectivity index (χ0) is 17.5. The van der Waals surface area contributed by atoms with Gasteiger partial charge < -0.3 is 10.2 Å². The molecule has 1 aromatic heterocycles. The third kappa shape index (κ3) is 6.01. The maximum Gasteiger partial charge on any atom is 0.193 e. The van der Waals surface area contributed by atoms with Gasteiger partial charge in [-0.1, -0.05) is 25.3 Å². The standard InChI is InChI=1S/C20H32N4S.HI/c1-3-21-19(22-12-9-18-8-7-17(2)23-15-18)24-13-14-25-20(16-24)10-5-4-6-11-20;/h7-8,15H,3-6,9-14,16H2,1-2H3,(H,21,22);1H. The van der Waals surface area contributed by atoms with Crippen molar-refractivity contribution in [3.05, 3.63) is 29.6 Å². The zero-order valence-corrected chi connectivity index (χ0v) is 19.3. The van der Waals surface area contributed by atoms with E-state index in [-0.39, 0.29) is 24.0 Å². The Morgan fingerprint density at radius 1 is 1.31 bits per heavy atom. The smallest absolute Gasteiger partial charge is 0.193 e. The van der Waals surface area contributed by atoms with Crippen molar-refractivity contribution < 1.29 is 0 Å². The number of guanidine groups is 1. The van der Waals surface area contributed by atoms with E-state index in [1.165, 1.54) is 43.4 Å². The molecule has 2 fully saturated rings. The molecule has 2 aliphatic rings. The van der Waals surface area contributed by atoms with Crippen molar-refractivity contribution in [1.82, 2.24) is 15.2 Å². The van der Waals surface area contributed by atoms with E-state index in [0.717, 1.165) is 44.3 Å². The highest BCUT2D eigenvalue weighted by atomic mass is 127. The fraction of sp³-hybridized carbons (Fsp3) is 0.700. The lowest BCUT2D eigenvalue weighted by Crippen LogP contribution is -2.53. The fourth-order valence-electron chi connectivity index (χ4n) is 3.89. The predicted octanol–water partition coefficient (Wildman–Crippen LogP) is 4.27. The average Bonchev–Trinajstić information content (AvgIpc) is 2.63. The summed E-state index contributed by atoms with van der Waals surface area (Å²) in [5, 5.41) is 3.52. The molecule has 1 saturated heterocycles. The summed E-state index contributed by atoms with van der Waals surface area (Å²) in [6.45, 7) is 8.22. The third-order valence-corrected chi connectivity index (χ3v) is 6.82. The number of pyridine rings is 1. The highest BCUT2D eigenvalue weighted by Crippen LogP contribution is 2.42. The van der Waals surface area contributed by atoms with Crippen molar-refractivity contribution in [3.63, 3.8) is 0 Å². The number of aromatic nitrogens is 1. The second-order valence-corrected chi connectivity index (χ2v) is 8.87. The molecule has 2 heterocycles. The minimum absolute atomic E-state index is 0. The Kier molecular flexibility index (Phi) is 9.00. The summed E-state index contributed by atoms with van der Waals surface area (Å²) in [7, 11) is 0. The maximum atomic E-state index is 4.93. The topological polar surface area (TPSA) is 40.5 Å². The number of aryl methyl sites for hydroxylation is 1. The second-order valence-electron chi connectivity index (χ2n) is 7.31. The first-order valence-electron chi connectivity index (χ1n) is 9.79. The van der Waals surface area contributed by atoms with Crippen LogP contribution in [0.4, 0.5) is 0 Å². The lowest BCUT2D eigenvalue weighted by Gasteiger charge is -2.45. The van der Waals surface area contributed by atoms with Crippen molar-refractivity contribution in [2.45, 2.75) is 57.1 Å². The van der Waals surface area contributed by atoms with Crippen LogP contribution in [0, 0.1) is 6.92 Å². The van der Waals surface area contributed by atoms with E-state index in [4.69, 9.17) is 4.99 Å². The molecule has 1 aliphatic heterocycles. The van der Waals surface area contributed by atoms with Crippen LogP contribution in [0.1, 0.15) is 50.3 Å². The van der Waals surface area contributed by atoms with Crippen molar-refractivity contribution in [1.29, 1.82) is 0 Å². The van der Waals surface area contributed by atoms with Gasteiger partial charge in [-0.2, -0.15) is 11.8 Å². The monoisotopic (exact) mass is 488 g/mol. The van der Waals surface area contributed by atoms with E-state index in [2.05, 4.69) is 46.0 Å². The first-order valence-corrected chi connectivity index (χ1v) is 10.8. The molecule has 26 heavy (non-hydrogen) atoms. The Morgan fingerprint density at radius 2 is 2.12 bits per heavy atom. The molecule has 0 amide bonds. The van der Waals surface area contributed by atoms with Gasteiger partial charge in [0.2, 0.25) is 0 Å². The number of nitrogens with one attached hydrogen (secondary N) is 1. The lowest BCUT2D eigenvalue weighted by atomic mass is 9.87. The van der Waals surface area contributed by atoms with E-state index in [1.54, 1.807) is 0 Å². The molecular formula is C20H33IN4S. The molecule has 4 nitrogen and oxygen atoms in total. The Morgan fingerprint density at radius 3 is 2.81 bits per heavy atom. The van der Waals surface area contributed by atoms with Gasteiger partial charge in [0.05, 0.1) is 0 Å². The quantitative estimate of drug-likeness (QED) is 0.391. The van der Waals surface area contributed by atoms with Crippen LogP contribution in [0.25, 0.3) is 0 Å². The molecule has 3 rings (SSSR count). The van der Waals surface area contributed by atoms with Gasteiger partial charge in [-0.05, 0) is 44.7 Å². The molecule has 0 atom stereocenters. The summed E-state index contributed by atoms with van der Waals surface area (Å²) in [5.41, 5.74) is 2.34. The number of hydrogen-bond donors (Lipinski definition) is 1. The third-order valence-electron chi connectivity index (χ3n) is 5.28. The summed E-state index contributed by atoms with van der Waals surface area (Å²) in [6.07, 6.45) is 9.90. The van der Waals surface area contributed by atoms with Gasteiger partial charge in [-0.15, -0.1) is 24.0 Å². The first kappa shape index (κ1) is 21.8. The molecule has 1 N–H and O–H groups in total. The van der Waals surface area contributed by atoms with Gasteiger partial charge in [-0.25, -0.2) is 0 Å². The van der Waals surface area contributed by atoms with E-state index in [1.807, 2.05) is 13.1 Å². The Balaban J connectivity index is 0.00000243. The van der Waals surface area contributed by atoms with E-state index < -0.39 is 0 Å². The normalized spacial score (nSPS) is 19.9. The van der Waals surface area contributed by atoms with Gasteiger partial charge in [0.15, 0.2) is 5.96 Å².